The van der Waals surface area contributed by atoms with Crippen molar-refractivity contribution in [1.82, 2.24) is 9.80 Å². The fraction of sp³-hybridized carbons (Fsp3) is 0.542. The van der Waals surface area contributed by atoms with Crippen LogP contribution in [0, 0.1) is 5.41 Å². The van der Waals surface area contributed by atoms with Crippen molar-refractivity contribution in [2.45, 2.75) is 57.7 Å². The Morgan fingerprint density at radius 3 is 2.24 bits per heavy atom. The molecule has 1 fully saturated rings. The number of likely N-dealkylation sites (tertiary alicyclic amines) is 1. The van der Waals surface area contributed by atoms with E-state index in [9.17, 15) is 22.8 Å². The molecule has 3 rings (SSSR count). The van der Waals surface area contributed by atoms with Gasteiger partial charge in [-0.15, -0.1) is 0 Å². The number of alkyl halides is 3. The number of piperidine rings is 1. The summed E-state index contributed by atoms with van der Waals surface area (Å²) >= 11 is 0. The van der Waals surface area contributed by atoms with Gasteiger partial charge in [-0.1, -0.05) is 18.2 Å². The highest BCUT2D eigenvalue weighted by atomic mass is 19.4. The lowest BCUT2D eigenvalue weighted by Gasteiger charge is -2.35. The van der Waals surface area contributed by atoms with E-state index in [4.69, 9.17) is 15.9 Å². The molecule has 1 aromatic rings. The van der Waals surface area contributed by atoms with Crippen LogP contribution in [0.15, 0.2) is 35.5 Å². The van der Waals surface area contributed by atoms with Gasteiger partial charge in [0.15, 0.2) is 0 Å². The number of nitrogens with two attached hydrogens (primary N) is 1. The van der Waals surface area contributed by atoms with Gasteiger partial charge in [0.25, 0.3) is 5.91 Å². The van der Waals surface area contributed by atoms with E-state index >= 15 is 0 Å². The Balaban J connectivity index is 1.62. The molecule has 2 aliphatic heterocycles. The first-order valence-corrected chi connectivity index (χ1v) is 11.3. The number of amides is 2. The summed E-state index contributed by atoms with van der Waals surface area (Å²) in [6, 6.07) is 5.55. The predicted molar refractivity (Wildman–Crippen MR) is 121 cm³/mol. The van der Waals surface area contributed by atoms with Crippen LogP contribution in [-0.2, 0) is 15.7 Å². The zero-order chi connectivity index (χ0) is 25.3. The van der Waals surface area contributed by atoms with Crippen LogP contribution in [0.4, 0.5) is 18.0 Å². The van der Waals surface area contributed by atoms with Crippen LogP contribution in [-0.4, -0.2) is 59.3 Å². The molecular formula is C24H31F3N4O3. The van der Waals surface area contributed by atoms with Gasteiger partial charge < -0.3 is 20.3 Å². The predicted octanol–water partition coefficient (Wildman–Crippen LogP) is 4.28. The maximum atomic E-state index is 13.4. The molecule has 34 heavy (non-hydrogen) atoms. The summed E-state index contributed by atoms with van der Waals surface area (Å²) in [5, 5.41) is 8.39. The van der Waals surface area contributed by atoms with E-state index in [0.717, 1.165) is 6.07 Å². The molecule has 3 N–H and O–H groups in total. The van der Waals surface area contributed by atoms with Gasteiger partial charge in [-0.05, 0) is 57.6 Å². The molecule has 186 valence electrons. The highest BCUT2D eigenvalue weighted by Gasteiger charge is 2.37. The Morgan fingerprint density at radius 1 is 1.06 bits per heavy atom. The number of nitrogens with one attached hydrogen (secondary N) is 1. The summed E-state index contributed by atoms with van der Waals surface area (Å²) in [6.07, 6.45) is -3.91. The average molecular weight is 481 g/mol. The van der Waals surface area contributed by atoms with Gasteiger partial charge in [0.2, 0.25) is 0 Å². The van der Waals surface area contributed by atoms with Crippen molar-refractivity contribution in [3.8, 4) is 0 Å². The van der Waals surface area contributed by atoms with E-state index in [1.165, 1.54) is 21.9 Å². The van der Waals surface area contributed by atoms with Gasteiger partial charge in [-0.3, -0.25) is 10.2 Å². The van der Waals surface area contributed by atoms with E-state index in [0.29, 0.717) is 18.4 Å². The molecule has 0 aliphatic carbocycles. The van der Waals surface area contributed by atoms with E-state index in [1.807, 2.05) is 0 Å². The Morgan fingerprint density at radius 2 is 1.68 bits per heavy atom. The van der Waals surface area contributed by atoms with Crippen LogP contribution in [0.3, 0.4) is 0 Å². The summed E-state index contributed by atoms with van der Waals surface area (Å²) in [5.41, 5.74) is 5.51. The van der Waals surface area contributed by atoms with E-state index in [-0.39, 0.29) is 55.5 Å². The van der Waals surface area contributed by atoms with Crippen molar-refractivity contribution >= 4 is 17.7 Å². The summed E-state index contributed by atoms with van der Waals surface area (Å²) in [7, 11) is 0. The Kier molecular flexibility index (Phi) is 7.28. The number of hydrogen-bond donors (Lipinski definition) is 2. The number of rotatable bonds is 3. The first-order valence-electron chi connectivity index (χ1n) is 11.3. The molecule has 10 heteroatoms. The third kappa shape index (κ3) is 5.90. The topological polar surface area (TPSA) is 99.7 Å². The second-order valence-corrected chi connectivity index (χ2v) is 9.68. The molecular weight excluding hydrogens is 449 g/mol. The first kappa shape index (κ1) is 25.6. The standard InChI is InChI=1S/C24H31F3N4O3/c1-23(2,3)34-22(33)31-13-10-17(19(28)14-31)20(29)21(32)30-11-8-15(9-12-30)16-6-4-5-7-18(16)24(25,26)27/h4-7,15,29H,8-14,28H2,1-3H3. The Labute approximate surface area is 197 Å². The van der Waals surface area contributed by atoms with Gasteiger partial charge >= 0.3 is 12.3 Å². The molecule has 1 saturated heterocycles. The van der Waals surface area contributed by atoms with Crippen LogP contribution in [0.25, 0.3) is 0 Å². The molecule has 7 nitrogen and oxygen atoms in total. The summed E-state index contributed by atoms with van der Waals surface area (Å²) in [6.45, 7) is 6.15. The molecule has 0 aromatic heterocycles. The van der Waals surface area contributed by atoms with Crippen LogP contribution < -0.4 is 5.73 Å². The van der Waals surface area contributed by atoms with E-state index in [2.05, 4.69) is 0 Å². The lowest BCUT2D eigenvalue weighted by atomic mass is 9.86. The number of carbonyl (C=O) groups is 2. The Hall–Kier alpha value is -3.04. The summed E-state index contributed by atoms with van der Waals surface area (Å²) in [4.78, 5) is 28.2. The second-order valence-electron chi connectivity index (χ2n) is 9.68. The monoisotopic (exact) mass is 480 g/mol. The zero-order valence-electron chi connectivity index (χ0n) is 19.7. The third-order valence-corrected chi connectivity index (χ3v) is 6.04. The molecule has 0 atom stereocenters. The molecule has 2 heterocycles. The molecule has 0 radical (unpaired) electrons. The SMILES string of the molecule is CC(C)(C)OC(=O)N1CCC(C(=N)C(=O)N2CCC(c3ccccc3C(F)(F)F)CC2)=C(N)C1. The van der Waals surface area contributed by atoms with Crippen LogP contribution in [0.1, 0.15) is 57.1 Å². The fourth-order valence-electron chi connectivity index (χ4n) is 4.35. The van der Waals surface area contributed by atoms with Crippen LogP contribution >= 0.6 is 0 Å². The molecule has 0 unspecified atom stereocenters. The van der Waals surface area contributed by atoms with E-state index in [1.54, 1.807) is 26.8 Å². The van der Waals surface area contributed by atoms with Crippen molar-refractivity contribution in [3.63, 3.8) is 0 Å². The summed E-state index contributed by atoms with van der Waals surface area (Å²) < 4.78 is 45.5. The summed E-state index contributed by atoms with van der Waals surface area (Å²) in [5.74, 6) is -0.802. The average Bonchev–Trinajstić information content (AvgIpc) is 2.76. The maximum Gasteiger partial charge on any atom is 0.416 e. The molecule has 0 spiro atoms. The van der Waals surface area contributed by atoms with Gasteiger partial charge in [0.05, 0.1) is 12.1 Å². The minimum Gasteiger partial charge on any atom is -0.444 e. The maximum absolute atomic E-state index is 13.4. The number of halogens is 3. The zero-order valence-corrected chi connectivity index (χ0v) is 19.7. The van der Waals surface area contributed by atoms with Crippen molar-refractivity contribution in [1.29, 1.82) is 5.41 Å². The van der Waals surface area contributed by atoms with Crippen molar-refractivity contribution in [2.75, 3.05) is 26.2 Å². The number of nitrogens with zero attached hydrogens (tertiary/aromatic N) is 2. The third-order valence-electron chi connectivity index (χ3n) is 6.04. The lowest BCUT2D eigenvalue weighted by molar-refractivity contribution is -0.138. The van der Waals surface area contributed by atoms with Gasteiger partial charge in [0.1, 0.15) is 11.3 Å². The lowest BCUT2D eigenvalue weighted by Crippen LogP contribution is -2.46. The number of hydrogen-bond acceptors (Lipinski definition) is 5. The van der Waals surface area contributed by atoms with Crippen LogP contribution in [0.5, 0.6) is 0 Å². The highest BCUT2D eigenvalue weighted by Crippen LogP contribution is 2.38. The van der Waals surface area contributed by atoms with Crippen molar-refractivity contribution in [2.24, 2.45) is 5.73 Å². The van der Waals surface area contributed by atoms with Gasteiger partial charge in [-0.25, -0.2) is 4.79 Å². The molecule has 1 aromatic carbocycles. The first-order chi connectivity index (χ1) is 15.8. The molecule has 2 amide bonds. The quantitative estimate of drug-likeness (QED) is 0.631. The van der Waals surface area contributed by atoms with Gasteiger partial charge in [0, 0.05) is 30.9 Å². The number of benzene rings is 1. The molecule has 0 bridgehead atoms. The smallest absolute Gasteiger partial charge is 0.416 e. The number of carbonyl (C=O) groups excluding carboxylic acids is 2. The van der Waals surface area contributed by atoms with E-state index < -0.39 is 29.3 Å². The normalized spacial score (nSPS) is 18.2. The minimum atomic E-state index is -4.43. The second kappa shape index (κ2) is 9.68. The number of ether oxygens (including phenoxy) is 1. The minimum absolute atomic E-state index is 0.0657. The Bertz CT molecular complexity index is 990. The highest BCUT2D eigenvalue weighted by molar-refractivity contribution is 6.44. The van der Waals surface area contributed by atoms with Crippen molar-refractivity contribution in [3.05, 3.63) is 46.7 Å². The van der Waals surface area contributed by atoms with Crippen LogP contribution in [0.2, 0.25) is 0 Å². The molecule has 2 aliphatic rings. The molecule has 0 saturated carbocycles. The fourth-order valence-corrected chi connectivity index (χ4v) is 4.35. The van der Waals surface area contributed by atoms with Gasteiger partial charge in [-0.2, -0.15) is 13.2 Å². The largest absolute Gasteiger partial charge is 0.444 e. The van der Waals surface area contributed by atoms with Crippen molar-refractivity contribution < 1.29 is 27.5 Å².